The van der Waals surface area contributed by atoms with Gasteiger partial charge in [0.15, 0.2) is 4.34 Å². The van der Waals surface area contributed by atoms with Gasteiger partial charge in [-0.15, -0.1) is 10.2 Å². The Labute approximate surface area is 114 Å². The molecular weight excluding hydrogens is 274 g/mol. The maximum atomic E-state index is 6.26. The molecule has 1 unspecified atom stereocenters. The second-order valence-corrected chi connectivity index (χ2v) is 6.06. The van der Waals surface area contributed by atoms with Crippen molar-refractivity contribution in [2.75, 3.05) is 7.05 Å². The first-order valence-corrected chi connectivity index (χ1v) is 7.19. The lowest BCUT2D eigenvalue weighted by Crippen LogP contribution is -2.12. The minimum Gasteiger partial charge on any atom is -0.313 e. The van der Waals surface area contributed by atoms with Gasteiger partial charge in [-0.2, -0.15) is 0 Å². The van der Waals surface area contributed by atoms with Gasteiger partial charge < -0.3 is 5.32 Å². The molecule has 0 aliphatic rings. The quantitative estimate of drug-likeness (QED) is 0.931. The van der Waals surface area contributed by atoms with E-state index in [1.54, 1.807) is 17.3 Å². The molecule has 2 rings (SSSR count). The van der Waals surface area contributed by atoms with Crippen LogP contribution < -0.4 is 5.32 Å². The van der Waals surface area contributed by atoms with Crippen LogP contribution >= 0.6 is 34.7 Å². The molecule has 2 aromatic rings. The summed E-state index contributed by atoms with van der Waals surface area (Å²) in [6.45, 7) is 2.08. The van der Waals surface area contributed by atoms with Gasteiger partial charge >= 0.3 is 0 Å². The van der Waals surface area contributed by atoms with Gasteiger partial charge in [-0.05, 0) is 31.7 Å². The molecule has 1 atom stereocenters. The monoisotopic (exact) mass is 285 g/mol. The average molecular weight is 286 g/mol. The number of hydrogen-bond donors (Lipinski definition) is 1. The van der Waals surface area contributed by atoms with Crippen molar-refractivity contribution in [3.8, 4) is 0 Å². The largest absolute Gasteiger partial charge is 0.313 e. The van der Waals surface area contributed by atoms with Crippen LogP contribution in [0.5, 0.6) is 0 Å². The number of hydrogen-bond acceptors (Lipinski definition) is 5. The zero-order chi connectivity index (χ0) is 12.3. The van der Waals surface area contributed by atoms with E-state index < -0.39 is 0 Å². The standard InChI is InChI=1S/C11H12ClN3S2/c1-7(13-2)9-4-3-8(5-10(9)12)17-11-15-14-6-16-11/h3-7,13H,1-2H3. The number of halogens is 1. The Morgan fingerprint density at radius 3 is 2.88 bits per heavy atom. The Bertz CT molecular complexity index is 487. The van der Waals surface area contributed by atoms with Crippen molar-refractivity contribution in [2.45, 2.75) is 22.2 Å². The summed E-state index contributed by atoms with van der Waals surface area (Å²) in [6, 6.07) is 6.33. The van der Waals surface area contributed by atoms with Gasteiger partial charge in [0.1, 0.15) is 5.51 Å². The van der Waals surface area contributed by atoms with Crippen molar-refractivity contribution in [3.63, 3.8) is 0 Å². The summed E-state index contributed by atoms with van der Waals surface area (Å²) >= 11 is 9.36. The SMILES string of the molecule is CNC(C)c1ccc(Sc2nncs2)cc1Cl. The molecular formula is C11H12ClN3S2. The van der Waals surface area contributed by atoms with Crippen LogP contribution in [-0.2, 0) is 0 Å². The topological polar surface area (TPSA) is 37.8 Å². The molecule has 1 N–H and O–H groups in total. The fourth-order valence-corrected chi connectivity index (χ4v) is 3.29. The van der Waals surface area contributed by atoms with Crippen LogP contribution in [0.2, 0.25) is 5.02 Å². The van der Waals surface area contributed by atoms with Gasteiger partial charge in [0.2, 0.25) is 0 Å². The molecule has 1 aromatic heterocycles. The molecule has 6 heteroatoms. The zero-order valence-electron chi connectivity index (χ0n) is 9.48. The third-order valence-electron chi connectivity index (χ3n) is 2.42. The predicted octanol–water partition coefficient (Wildman–Crippen LogP) is 3.62. The molecule has 90 valence electrons. The predicted molar refractivity (Wildman–Crippen MR) is 73.0 cm³/mol. The fraction of sp³-hybridized carbons (Fsp3) is 0.273. The number of nitrogens with one attached hydrogen (secondary N) is 1. The molecule has 0 spiro atoms. The third kappa shape index (κ3) is 3.19. The first-order valence-electron chi connectivity index (χ1n) is 5.11. The van der Waals surface area contributed by atoms with Crippen LogP contribution in [0.3, 0.4) is 0 Å². The maximum Gasteiger partial charge on any atom is 0.178 e. The Morgan fingerprint density at radius 2 is 2.29 bits per heavy atom. The average Bonchev–Trinajstić information content (AvgIpc) is 2.81. The summed E-state index contributed by atoms with van der Waals surface area (Å²) < 4.78 is 0.926. The Hall–Kier alpha value is -0.620. The molecule has 0 aliphatic heterocycles. The zero-order valence-corrected chi connectivity index (χ0v) is 11.9. The van der Waals surface area contributed by atoms with Crippen LogP contribution in [0.4, 0.5) is 0 Å². The van der Waals surface area contributed by atoms with E-state index in [1.165, 1.54) is 11.3 Å². The first kappa shape index (κ1) is 12.8. The summed E-state index contributed by atoms with van der Waals surface area (Å²) in [4.78, 5) is 1.08. The lowest BCUT2D eigenvalue weighted by Gasteiger charge is -2.13. The molecule has 3 nitrogen and oxygen atoms in total. The van der Waals surface area contributed by atoms with E-state index in [0.717, 1.165) is 19.8 Å². The molecule has 0 amide bonds. The molecule has 1 aromatic carbocycles. The molecule has 1 heterocycles. The minimum atomic E-state index is 0.253. The normalized spacial score (nSPS) is 12.6. The third-order valence-corrected chi connectivity index (χ3v) is 4.51. The molecule has 0 fully saturated rings. The highest BCUT2D eigenvalue weighted by Crippen LogP contribution is 2.32. The van der Waals surface area contributed by atoms with Crippen molar-refractivity contribution >= 4 is 34.7 Å². The molecule has 17 heavy (non-hydrogen) atoms. The van der Waals surface area contributed by atoms with E-state index in [0.29, 0.717) is 0 Å². The van der Waals surface area contributed by atoms with Gasteiger partial charge in [0.05, 0.1) is 0 Å². The summed E-state index contributed by atoms with van der Waals surface area (Å²) in [6.07, 6.45) is 0. The number of aromatic nitrogens is 2. The second kappa shape index (κ2) is 5.82. The van der Waals surface area contributed by atoms with Gasteiger partial charge in [0.25, 0.3) is 0 Å². The lowest BCUT2D eigenvalue weighted by atomic mass is 10.1. The van der Waals surface area contributed by atoms with E-state index in [2.05, 4.69) is 28.5 Å². The van der Waals surface area contributed by atoms with Gasteiger partial charge in [-0.1, -0.05) is 40.8 Å². The number of benzene rings is 1. The number of rotatable bonds is 4. The van der Waals surface area contributed by atoms with E-state index in [-0.39, 0.29) is 6.04 Å². The van der Waals surface area contributed by atoms with Gasteiger partial charge in [-0.25, -0.2) is 0 Å². The molecule has 0 saturated heterocycles. The van der Waals surface area contributed by atoms with Crippen molar-refractivity contribution in [1.29, 1.82) is 0 Å². The Balaban J connectivity index is 2.19. The first-order chi connectivity index (χ1) is 8.20. The Kier molecular flexibility index (Phi) is 4.39. The number of nitrogens with zero attached hydrogens (tertiary/aromatic N) is 2. The van der Waals surface area contributed by atoms with Gasteiger partial charge in [-0.3, -0.25) is 0 Å². The summed E-state index contributed by atoms with van der Waals surface area (Å²) in [5.74, 6) is 0. The van der Waals surface area contributed by atoms with Crippen LogP contribution in [0.1, 0.15) is 18.5 Å². The van der Waals surface area contributed by atoms with E-state index in [4.69, 9.17) is 11.6 Å². The highest BCUT2D eigenvalue weighted by molar-refractivity contribution is 8.01. The molecule has 0 saturated carbocycles. The Morgan fingerprint density at radius 1 is 1.47 bits per heavy atom. The molecule has 0 bridgehead atoms. The van der Waals surface area contributed by atoms with Crippen LogP contribution in [0.25, 0.3) is 0 Å². The molecule has 0 aliphatic carbocycles. The second-order valence-electron chi connectivity index (χ2n) is 3.50. The van der Waals surface area contributed by atoms with Crippen molar-refractivity contribution in [3.05, 3.63) is 34.3 Å². The summed E-state index contributed by atoms with van der Waals surface area (Å²) in [5, 5.41) is 11.8. The van der Waals surface area contributed by atoms with Crippen LogP contribution in [-0.4, -0.2) is 17.2 Å². The van der Waals surface area contributed by atoms with E-state index in [9.17, 15) is 0 Å². The highest BCUT2D eigenvalue weighted by atomic mass is 35.5. The van der Waals surface area contributed by atoms with Crippen molar-refractivity contribution in [2.24, 2.45) is 0 Å². The van der Waals surface area contributed by atoms with E-state index in [1.807, 2.05) is 19.2 Å². The highest BCUT2D eigenvalue weighted by Gasteiger charge is 2.09. The molecule has 0 radical (unpaired) electrons. The maximum absolute atomic E-state index is 6.26. The van der Waals surface area contributed by atoms with Gasteiger partial charge in [0, 0.05) is 16.0 Å². The summed E-state index contributed by atoms with van der Waals surface area (Å²) in [5.41, 5.74) is 2.83. The van der Waals surface area contributed by atoms with Crippen molar-refractivity contribution in [1.82, 2.24) is 15.5 Å². The summed E-state index contributed by atoms with van der Waals surface area (Å²) in [7, 11) is 1.92. The fourth-order valence-electron chi connectivity index (χ4n) is 1.39. The van der Waals surface area contributed by atoms with Crippen LogP contribution in [0, 0.1) is 0 Å². The van der Waals surface area contributed by atoms with Crippen LogP contribution in [0.15, 0.2) is 32.9 Å². The van der Waals surface area contributed by atoms with E-state index >= 15 is 0 Å². The van der Waals surface area contributed by atoms with Crippen molar-refractivity contribution < 1.29 is 0 Å². The minimum absolute atomic E-state index is 0.253. The smallest absolute Gasteiger partial charge is 0.178 e. The lowest BCUT2D eigenvalue weighted by molar-refractivity contribution is 0.652.